The Morgan fingerprint density at radius 3 is 2.54 bits per heavy atom. The van der Waals surface area contributed by atoms with E-state index in [1.54, 1.807) is 0 Å². The second kappa shape index (κ2) is 10.1. The lowest BCUT2D eigenvalue weighted by Crippen LogP contribution is -2.36. The number of carbonyl (C=O) groups is 1. The molecule has 2 N–H and O–H groups in total. The summed E-state index contributed by atoms with van der Waals surface area (Å²) in [5.74, 6) is 1.02. The van der Waals surface area contributed by atoms with Crippen molar-refractivity contribution in [1.82, 2.24) is 15.5 Å². The van der Waals surface area contributed by atoms with Crippen LogP contribution in [0, 0.1) is 0 Å². The predicted molar refractivity (Wildman–Crippen MR) is 114 cm³/mol. The van der Waals surface area contributed by atoms with Gasteiger partial charge in [0.25, 0.3) is 0 Å². The number of halogens is 1. The molecule has 1 heterocycles. The highest BCUT2D eigenvalue weighted by Gasteiger charge is 2.19. The lowest BCUT2D eigenvalue weighted by Gasteiger charge is -2.15. The molecule has 6 heteroatoms. The topological polar surface area (TPSA) is 56.7 Å². The third kappa shape index (κ3) is 5.73. The molecule has 0 unspecified atom stereocenters. The minimum absolute atomic E-state index is 0.258. The van der Waals surface area contributed by atoms with Gasteiger partial charge in [-0.3, -0.25) is 4.79 Å². The molecule has 5 nitrogen and oxygen atoms in total. The lowest BCUT2D eigenvalue weighted by atomic mass is 10.1. The van der Waals surface area contributed by atoms with Crippen LogP contribution in [0.3, 0.4) is 0 Å². The summed E-state index contributed by atoms with van der Waals surface area (Å²) in [5.41, 5.74) is 3.33. The van der Waals surface area contributed by atoms with Crippen molar-refractivity contribution in [2.45, 2.75) is 39.4 Å². The van der Waals surface area contributed by atoms with Crippen molar-refractivity contribution in [2.24, 2.45) is 4.99 Å². The van der Waals surface area contributed by atoms with E-state index < -0.39 is 0 Å². The van der Waals surface area contributed by atoms with Crippen LogP contribution in [0.2, 0.25) is 5.02 Å². The molecule has 1 saturated heterocycles. The van der Waals surface area contributed by atoms with E-state index in [1.165, 1.54) is 0 Å². The van der Waals surface area contributed by atoms with Crippen molar-refractivity contribution in [3.63, 3.8) is 0 Å². The van der Waals surface area contributed by atoms with Crippen LogP contribution in [0.4, 0.5) is 0 Å². The SMILES string of the molecule is CCNC(=NCc1ccc(CN2CCCC2=O)cc1)NCc1ccccc1Cl. The van der Waals surface area contributed by atoms with Crippen LogP contribution in [0.25, 0.3) is 0 Å². The zero-order chi connectivity index (χ0) is 19.8. The van der Waals surface area contributed by atoms with E-state index in [0.717, 1.165) is 47.2 Å². The average Bonchev–Trinajstić information content (AvgIpc) is 3.11. The Balaban J connectivity index is 1.56. The molecule has 0 saturated carbocycles. The van der Waals surface area contributed by atoms with E-state index >= 15 is 0 Å². The number of hydrogen-bond acceptors (Lipinski definition) is 2. The highest BCUT2D eigenvalue weighted by atomic mass is 35.5. The molecular weight excluding hydrogens is 372 g/mol. The second-order valence-electron chi connectivity index (χ2n) is 6.88. The van der Waals surface area contributed by atoms with E-state index in [0.29, 0.717) is 26.1 Å². The number of nitrogens with zero attached hydrogens (tertiary/aromatic N) is 2. The van der Waals surface area contributed by atoms with Gasteiger partial charge in [0.15, 0.2) is 5.96 Å². The number of hydrogen-bond donors (Lipinski definition) is 2. The Morgan fingerprint density at radius 1 is 1.11 bits per heavy atom. The summed E-state index contributed by atoms with van der Waals surface area (Å²) in [6.07, 6.45) is 1.65. The molecule has 0 atom stereocenters. The molecule has 1 aliphatic heterocycles. The summed E-state index contributed by atoms with van der Waals surface area (Å²) in [7, 11) is 0. The van der Waals surface area contributed by atoms with Crippen molar-refractivity contribution < 1.29 is 4.79 Å². The standard InChI is InChI=1S/C22H27ClN4O/c1-2-24-22(26-15-19-6-3-4-7-20(19)23)25-14-17-9-11-18(12-10-17)16-27-13-5-8-21(27)28/h3-4,6-7,9-12H,2,5,8,13-16H2,1H3,(H2,24,25,26). The maximum Gasteiger partial charge on any atom is 0.222 e. The first kappa shape index (κ1) is 20.2. The number of likely N-dealkylation sites (tertiary alicyclic amines) is 1. The van der Waals surface area contributed by atoms with Crippen molar-refractivity contribution >= 4 is 23.5 Å². The third-order valence-electron chi connectivity index (χ3n) is 4.74. The average molecular weight is 399 g/mol. The van der Waals surface area contributed by atoms with Gasteiger partial charge in [-0.1, -0.05) is 54.1 Å². The molecule has 3 rings (SSSR count). The smallest absolute Gasteiger partial charge is 0.222 e. The number of guanidine groups is 1. The maximum absolute atomic E-state index is 11.8. The molecule has 0 aliphatic carbocycles. The summed E-state index contributed by atoms with van der Waals surface area (Å²) in [6, 6.07) is 16.1. The molecule has 148 valence electrons. The van der Waals surface area contributed by atoms with Gasteiger partial charge in [-0.05, 0) is 36.1 Å². The van der Waals surface area contributed by atoms with Gasteiger partial charge >= 0.3 is 0 Å². The Hall–Kier alpha value is -2.53. The van der Waals surface area contributed by atoms with Crippen LogP contribution in [0.5, 0.6) is 0 Å². The van der Waals surface area contributed by atoms with Crippen LogP contribution < -0.4 is 10.6 Å². The van der Waals surface area contributed by atoms with E-state index in [4.69, 9.17) is 11.6 Å². The van der Waals surface area contributed by atoms with Gasteiger partial charge in [-0.15, -0.1) is 0 Å². The highest BCUT2D eigenvalue weighted by molar-refractivity contribution is 6.31. The van der Waals surface area contributed by atoms with Gasteiger partial charge in [-0.2, -0.15) is 0 Å². The monoisotopic (exact) mass is 398 g/mol. The molecule has 2 aromatic carbocycles. The molecular formula is C22H27ClN4O. The Labute approximate surface area is 171 Å². The number of benzene rings is 2. The highest BCUT2D eigenvalue weighted by Crippen LogP contribution is 2.16. The van der Waals surface area contributed by atoms with Crippen molar-refractivity contribution in [1.29, 1.82) is 0 Å². The lowest BCUT2D eigenvalue weighted by molar-refractivity contribution is -0.128. The van der Waals surface area contributed by atoms with Gasteiger partial charge in [0, 0.05) is 37.6 Å². The first-order valence-electron chi connectivity index (χ1n) is 9.77. The second-order valence-corrected chi connectivity index (χ2v) is 7.28. The quantitative estimate of drug-likeness (QED) is 0.552. The fourth-order valence-corrected chi connectivity index (χ4v) is 3.38. The van der Waals surface area contributed by atoms with Crippen LogP contribution in [-0.2, 0) is 24.4 Å². The summed E-state index contributed by atoms with van der Waals surface area (Å²) in [4.78, 5) is 18.3. The van der Waals surface area contributed by atoms with E-state index in [9.17, 15) is 4.79 Å². The largest absolute Gasteiger partial charge is 0.357 e. The molecule has 2 aromatic rings. The van der Waals surface area contributed by atoms with Gasteiger partial charge < -0.3 is 15.5 Å². The van der Waals surface area contributed by atoms with Gasteiger partial charge in [0.1, 0.15) is 0 Å². The zero-order valence-electron chi connectivity index (χ0n) is 16.2. The first-order valence-corrected chi connectivity index (χ1v) is 10.1. The molecule has 0 radical (unpaired) electrons. The van der Waals surface area contributed by atoms with E-state index in [2.05, 4.69) is 39.9 Å². The third-order valence-corrected chi connectivity index (χ3v) is 5.10. The summed E-state index contributed by atoms with van der Waals surface area (Å²) < 4.78 is 0. The predicted octanol–water partition coefficient (Wildman–Crippen LogP) is 3.72. The Morgan fingerprint density at radius 2 is 1.86 bits per heavy atom. The number of amides is 1. The van der Waals surface area contributed by atoms with Gasteiger partial charge in [0.05, 0.1) is 6.54 Å². The summed E-state index contributed by atoms with van der Waals surface area (Å²) in [5, 5.41) is 7.33. The van der Waals surface area contributed by atoms with Crippen molar-refractivity contribution in [2.75, 3.05) is 13.1 Å². The van der Waals surface area contributed by atoms with Crippen molar-refractivity contribution in [3.05, 3.63) is 70.2 Å². The van der Waals surface area contributed by atoms with Crippen LogP contribution in [0.1, 0.15) is 36.5 Å². The summed E-state index contributed by atoms with van der Waals surface area (Å²) in [6.45, 7) is 5.60. The van der Waals surface area contributed by atoms with E-state index in [1.807, 2.05) is 36.1 Å². The Kier molecular flexibility index (Phi) is 7.31. The fraction of sp³-hybridized carbons (Fsp3) is 0.364. The molecule has 1 amide bonds. The summed E-state index contributed by atoms with van der Waals surface area (Å²) >= 11 is 6.22. The van der Waals surface area contributed by atoms with E-state index in [-0.39, 0.29) is 5.91 Å². The van der Waals surface area contributed by atoms with Crippen molar-refractivity contribution in [3.8, 4) is 0 Å². The minimum atomic E-state index is 0.258. The zero-order valence-corrected chi connectivity index (χ0v) is 17.0. The Bertz CT molecular complexity index is 820. The fourth-order valence-electron chi connectivity index (χ4n) is 3.17. The molecule has 1 fully saturated rings. The first-order chi connectivity index (χ1) is 13.7. The van der Waals surface area contributed by atoms with Crippen LogP contribution in [-0.4, -0.2) is 29.9 Å². The normalized spacial score (nSPS) is 14.4. The molecule has 0 spiro atoms. The number of rotatable bonds is 7. The van der Waals surface area contributed by atoms with Gasteiger partial charge in [-0.25, -0.2) is 4.99 Å². The minimum Gasteiger partial charge on any atom is -0.357 e. The molecule has 1 aliphatic rings. The van der Waals surface area contributed by atoms with Crippen LogP contribution >= 0.6 is 11.6 Å². The number of aliphatic imine (C=N–C) groups is 1. The number of carbonyl (C=O) groups excluding carboxylic acids is 1. The molecule has 0 aromatic heterocycles. The van der Waals surface area contributed by atoms with Crippen LogP contribution in [0.15, 0.2) is 53.5 Å². The number of nitrogens with one attached hydrogen (secondary N) is 2. The van der Waals surface area contributed by atoms with Gasteiger partial charge in [0.2, 0.25) is 5.91 Å². The molecule has 0 bridgehead atoms. The molecule has 28 heavy (non-hydrogen) atoms. The maximum atomic E-state index is 11.8.